The van der Waals surface area contributed by atoms with Crippen LogP contribution in [0.1, 0.15) is 59.1 Å². The van der Waals surface area contributed by atoms with Crippen molar-refractivity contribution in [3.63, 3.8) is 0 Å². The largest absolute Gasteiger partial charge is 0.351 e. The van der Waals surface area contributed by atoms with Crippen LogP contribution in [0.25, 0.3) is 0 Å². The Morgan fingerprint density at radius 2 is 1.96 bits per heavy atom. The van der Waals surface area contributed by atoms with Crippen LogP contribution in [0.5, 0.6) is 0 Å². The summed E-state index contributed by atoms with van der Waals surface area (Å²) in [6.07, 6.45) is 0.337. The first-order valence-electron chi connectivity index (χ1n) is 8.91. The number of aromatic amines is 1. The maximum absolute atomic E-state index is 12.7. The number of halogens is 1. The zero-order chi connectivity index (χ0) is 20.3. The van der Waals surface area contributed by atoms with E-state index in [0.29, 0.717) is 28.7 Å². The lowest BCUT2D eigenvalue weighted by Crippen LogP contribution is -2.30. The number of nitrogens with zero attached hydrogens (tertiary/aromatic N) is 2. The molecule has 0 spiro atoms. The fraction of sp³-hybridized carbons (Fsp3) is 0.300. The minimum absolute atomic E-state index is 0.137. The average molecular weight is 401 g/mol. The van der Waals surface area contributed by atoms with Crippen molar-refractivity contribution in [2.24, 2.45) is 0 Å². The third-order valence-corrected chi connectivity index (χ3v) is 4.50. The summed E-state index contributed by atoms with van der Waals surface area (Å²) < 4.78 is 5.18. The van der Waals surface area contributed by atoms with Crippen LogP contribution in [-0.4, -0.2) is 21.0 Å². The molecule has 2 N–H and O–H groups in total. The van der Waals surface area contributed by atoms with Gasteiger partial charge in [-0.3, -0.25) is 9.59 Å². The van der Waals surface area contributed by atoms with E-state index in [0.717, 1.165) is 5.56 Å². The minimum Gasteiger partial charge on any atom is -0.351 e. The quantitative estimate of drug-likeness (QED) is 0.658. The maximum atomic E-state index is 12.7. The summed E-state index contributed by atoms with van der Waals surface area (Å²) >= 11 is 5.98. The molecule has 0 fully saturated rings. The molecule has 2 aromatic heterocycles. The second-order valence-electron chi connectivity index (χ2n) is 6.87. The highest BCUT2D eigenvalue weighted by Crippen LogP contribution is 2.21. The highest BCUT2D eigenvalue weighted by atomic mass is 35.5. The van der Waals surface area contributed by atoms with Gasteiger partial charge in [0.25, 0.3) is 11.5 Å². The first kappa shape index (κ1) is 19.8. The van der Waals surface area contributed by atoms with Crippen molar-refractivity contribution >= 4 is 17.5 Å². The fourth-order valence-corrected chi connectivity index (χ4v) is 2.93. The van der Waals surface area contributed by atoms with Gasteiger partial charge in [-0.1, -0.05) is 42.7 Å². The number of benzene rings is 1. The Hall–Kier alpha value is -2.93. The molecule has 0 aliphatic heterocycles. The number of carbonyl (C=O) groups excluding carboxylic acids is 1. The molecule has 0 unspecified atom stereocenters. The molecule has 0 aliphatic carbocycles. The Morgan fingerprint density at radius 1 is 1.25 bits per heavy atom. The average Bonchev–Trinajstić information content (AvgIpc) is 3.11. The summed E-state index contributed by atoms with van der Waals surface area (Å²) in [6, 6.07) is 9.78. The molecule has 7 nitrogen and oxygen atoms in total. The second-order valence-corrected chi connectivity index (χ2v) is 7.31. The van der Waals surface area contributed by atoms with Gasteiger partial charge >= 0.3 is 0 Å². The summed E-state index contributed by atoms with van der Waals surface area (Å²) in [7, 11) is 0. The number of hydrogen-bond acceptors (Lipinski definition) is 5. The summed E-state index contributed by atoms with van der Waals surface area (Å²) in [5.41, 5.74) is 1.88. The number of hydrogen-bond donors (Lipinski definition) is 2. The molecule has 8 heteroatoms. The topological polar surface area (TPSA) is 101 Å². The van der Waals surface area contributed by atoms with Gasteiger partial charge in [0.1, 0.15) is 5.82 Å². The molecule has 1 atom stereocenters. The Morgan fingerprint density at radius 3 is 2.57 bits per heavy atom. The number of nitrogens with one attached hydrogen (secondary N) is 2. The summed E-state index contributed by atoms with van der Waals surface area (Å²) in [5, 5.41) is 7.46. The molecule has 0 aliphatic rings. The van der Waals surface area contributed by atoms with Crippen LogP contribution in [0.3, 0.4) is 0 Å². The standard InChI is InChI=1S/C20H21ClN4O3/c1-11(2)16-10-18(28-25-16)20(27)24-17(13-4-6-14(21)7-5-13)8-15-9-19(26)23-12(3)22-15/h4-7,9-11,17H,8H2,1-3H3,(H,24,27)(H,22,23,26)/t17-/m1/s1. The van der Waals surface area contributed by atoms with Crippen LogP contribution in [0.4, 0.5) is 0 Å². The van der Waals surface area contributed by atoms with Crippen LogP contribution >= 0.6 is 11.6 Å². The molecule has 28 heavy (non-hydrogen) atoms. The van der Waals surface area contributed by atoms with E-state index in [4.69, 9.17) is 16.1 Å². The maximum Gasteiger partial charge on any atom is 0.290 e. The number of aryl methyl sites for hydroxylation is 1. The third-order valence-electron chi connectivity index (χ3n) is 4.25. The number of aromatic nitrogens is 3. The summed E-state index contributed by atoms with van der Waals surface area (Å²) in [5.74, 6) is 0.416. The van der Waals surface area contributed by atoms with Crippen molar-refractivity contribution in [2.45, 2.75) is 39.2 Å². The third kappa shape index (κ3) is 4.86. The monoisotopic (exact) mass is 400 g/mol. The van der Waals surface area contributed by atoms with E-state index >= 15 is 0 Å². The predicted molar refractivity (Wildman–Crippen MR) is 106 cm³/mol. The lowest BCUT2D eigenvalue weighted by molar-refractivity contribution is 0.0899. The highest BCUT2D eigenvalue weighted by molar-refractivity contribution is 6.30. The highest BCUT2D eigenvalue weighted by Gasteiger charge is 2.21. The van der Waals surface area contributed by atoms with Gasteiger partial charge in [-0.15, -0.1) is 0 Å². The van der Waals surface area contributed by atoms with Crippen LogP contribution in [0.15, 0.2) is 45.7 Å². The Bertz CT molecular complexity index is 1020. The van der Waals surface area contributed by atoms with Gasteiger partial charge in [0.05, 0.1) is 17.4 Å². The van der Waals surface area contributed by atoms with E-state index in [1.54, 1.807) is 25.1 Å². The number of carbonyl (C=O) groups is 1. The van der Waals surface area contributed by atoms with E-state index in [2.05, 4.69) is 20.4 Å². The predicted octanol–water partition coefficient (Wildman–Crippen LogP) is 3.56. The number of H-pyrrole nitrogens is 1. The molecule has 0 saturated heterocycles. The molecule has 2 heterocycles. The molecule has 0 radical (unpaired) electrons. The molecule has 1 aromatic carbocycles. The van der Waals surface area contributed by atoms with Gasteiger partial charge in [0, 0.05) is 23.6 Å². The van der Waals surface area contributed by atoms with E-state index in [-0.39, 0.29) is 23.1 Å². The molecular weight excluding hydrogens is 380 g/mol. The Labute approximate surface area is 167 Å². The lowest BCUT2D eigenvalue weighted by Gasteiger charge is -2.18. The van der Waals surface area contributed by atoms with Crippen LogP contribution in [0.2, 0.25) is 5.02 Å². The smallest absolute Gasteiger partial charge is 0.290 e. The second kappa shape index (κ2) is 8.39. The van der Waals surface area contributed by atoms with Crippen molar-refractivity contribution in [3.05, 3.63) is 80.3 Å². The molecule has 3 aromatic rings. The van der Waals surface area contributed by atoms with Crippen LogP contribution in [0, 0.1) is 6.92 Å². The van der Waals surface area contributed by atoms with Gasteiger partial charge < -0.3 is 14.8 Å². The summed E-state index contributed by atoms with van der Waals surface area (Å²) in [6.45, 7) is 5.65. The molecule has 0 saturated carbocycles. The van der Waals surface area contributed by atoms with Gasteiger partial charge in [-0.25, -0.2) is 4.98 Å². The van der Waals surface area contributed by atoms with Gasteiger partial charge in [0.15, 0.2) is 0 Å². The molecule has 1 amide bonds. The van der Waals surface area contributed by atoms with Gasteiger partial charge in [-0.05, 0) is 30.5 Å². The van der Waals surface area contributed by atoms with Crippen molar-refractivity contribution < 1.29 is 9.32 Å². The fourth-order valence-electron chi connectivity index (χ4n) is 2.80. The van der Waals surface area contributed by atoms with E-state index in [1.165, 1.54) is 6.07 Å². The molecule has 3 rings (SSSR count). The summed E-state index contributed by atoms with van der Waals surface area (Å²) in [4.78, 5) is 31.4. The first-order valence-corrected chi connectivity index (χ1v) is 9.29. The van der Waals surface area contributed by atoms with Gasteiger partial charge in [-0.2, -0.15) is 0 Å². The molecule has 0 bridgehead atoms. The van der Waals surface area contributed by atoms with E-state index in [9.17, 15) is 9.59 Å². The van der Waals surface area contributed by atoms with Crippen molar-refractivity contribution in [3.8, 4) is 0 Å². The lowest BCUT2D eigenvalue weighted by atomic mass is 10.0. The normalized spacial score (nSPS) is 12.2. The van der Waals surface area contributed by atoms with Crippen molar-refractivity contribution in [1.82, 2.24) is 20.4 Å². The zero-order valence-corrected chi connectivity index (χ0v) is 16.6. The number of amides is 1. The van der Waals surface area contributed by atoms with Gasteiger partial charge in [0.2, 0.25) is 5.76 Å². The SMILES string of the molecule is Cc1nc(C[C@@H](NC(=O)c2cc(C(C)C)no2)c2ccc(Cl)cc2)cc(=O)[nH]1. The van der Waals surface area contributed by atoms with E-state index < -0.39 is 6.04 Å². The Balaban J connectivity index is 1.87. The van der Waals surface area contributed by atoms with Crippen molar-refractivity contribution in [1.29, 1.82) is 0 Å². The van der Waals surface area contributed by atoms with E-state index in [1.807, 2.05) is 26.0 Å². The first-order chi connectivity index (χ1) is 13.3. The molecule has 146 valence electrons. The zero-order valence-electron chi connectivity index (χ0n) is 15.8. The molecular formula is C20H21ClN4O3. The number of rotatable bonds is 6. The minimum atomic E-state index is -0.425. The van der Waals surface area contributed by atoms with Crippen LogP contribution < -0.4 is 10.9 Å². The van der Waals surface area contributed by atoms with Crippen molar-refractivity contribution in [2.75, 3.05) is 0 Å². The van der Waals surface area contributed by atoms with Crippen LogP contribution in [-0.2, 0) is 6.42 Å². The Kier molecular flexibility index (Phi) is 5.94.